The summed E-state index contributed by atoms with van der Waals surface area (Å²) in [6.45, 7) is 2.73. The van der Waals surface area contributed by atoms with E-state index in [4.69, 9.17) is 21.7 Å². The van der Waals surface area contributed by atoms with Crippen molar-refractivity contribution in [3.8, 4) is 22.8 Å². The molecule has 2 N–H and O–H groups in total. The zero-order chi connectivity index (χ0) is 17.1. The predicted octanol–water partition coefficient (Wildman–Crippen LogP) is 2.20. The smallest absolute Gasteiger partial charge is 0.252 e. The molecule has 0 amide bonds. The van der Waals surface area contributed by atoms with Crippen LogP contribution in [0.2, 0.25) is 0 Å². The minimum absolute atomic E-state index is 0.214. The molecule has 6 nitrogen and oxygen atoms in total. The highest BCUT2D eigenvalue weighted by Gasteiger charge is 2.19. The fourth-order valence-corrected chi connectivity index (χ4v) is 3.34. The van der Waals surface area contributed by atoms with Gasteiger partial charge in [-0.1, -0.05) is 0 Å². The first-order valence-electron chi connectivity index (χ1n) is 7.89. The number of methoxy groups -OCH3 is 2. The molecule has 0 saturated carbocycles. The SMILES string of the molecule is COc1ccc(-c2cc(=O)[nH]c(=S)n2CC2CCNC2)c(OC)c1. The van der Waals surface area contributed by atoms with E-state index < -0.39 is 0 Å². The highest BCUT2D eigenvalue weighted by Crippen LogP contribution is 2.33. The molecule has 1 aromatic carbocycles. The minimum atomic E-state index is -0.214. The largest absolute Gasteiger partial charge is 0.497 e. The van der Waals surface area contributed by atoms with Gasteiger partial charge in [0.1, 0.15) is 11.5 Å². The number of aromatic nitrogens is 2. The average molecular weight is 347 g/mol. The van der Waals surface area contributed by atoms with Gasteiger partial charge in [-0.05, 0) is 49.8 Å². The highest BCUT2D eigenvalue weighted by molar-refractivity contribution is 7.71. The van der Waals surface area contributed by atoms with Crippen LogP contribution in [0.5, 0.6) is 11.5 Å². The molecule has 1 unspecified atom stereocenters. The third-order valence-corrected chi connectivity index (χ3v) is 4.64. The van der Waals surface area contributed by atoms with Crippen molar-refractivity contribution in [1.29, 1.82) is 0 Å². The fourth-order valence-electron chi connectivity index (χ4n) is 3.06. The Morgan fingerprint density at radius 3 is 2.79 bits per heavy atom. The van der Waals surface area contributed by atoms with Crippen molar-refractivity contribution in [2.45, 2.75) is 13.0 Å². The topological polar surface area (TPSA) is 68.3 Å². The van der Waals surface area contributed by atoms with Gasteiger partial charge in [-0.3, -0.25) is 9.78 Å². The highest BCUT2D eigenvalue weighted by atomic mass is 32.1. The van der Waals surface area contributed by atoms with E-state index in [1.807, 2.05) is 16.7 Å². The van der Waals surface area contributed by atoms with Gasteiger partial charge >= 0.3 is 0 Å². The maximum Gasteiger partial charge on any atom is 0.252 e. The van der Waals surface area contributed by atoms with Crippen molar-refractivity contribution in [2.75, 3.05) is 27.3 Å². The summed E-state index contributed by atoms with van der Waals surface area (Å²) in [7, 11) is 3.21. The van der Waals surface area contributed by atoms with Crippen LogP contribution in [-0.2, 0) is 6.54 Å². The molecule has 2 aromatic rings. The maximum atomic E-state index is 12.0. The molecule has 1 aromatic heterocycles. The zero-order valence-electron chi connectivity index (χ0n) is 13.8. The third-order valence-electron chi connectivity index (χ3n) is 4.32. The van der Waals surface area contributed by atoms with Crippen LogP contribution in [0.4, 0.5) is 0 Å². The Balaban J connectivity index is 2.12. The number of ether oxygens (including phenoxy) is 2. The summed E-state index contributed by atoms with van der Waals surface area (Å²) in [4.78, 5) is 14.7. The normalized spacial score (nSPS) is 17.0. The molecule has 0 aliphatic carbocycles. The molecule has 1 saturated heterocycles. The Morgan fingerprint density at radius 2 is 2.12 bits per heavy atom. The summed E-state index contributed by atoms with van der Waals surface area (Å²) in [5, 5.41) is 3.36. The number of nitrogens with one attached hydrogen (secondary N) is 2. The van der Waals surface area contributed by atoms with Crippen molar-refractivity contribution in [2.24, 2.45) is 5.92 Å². The van der Waals surface area contributed by atoms with Gasteiger partial charge in [-0.2, -0.15) is 0 Å². The lowest BCUT2D eigenvalue weighted by molar-refractivity contribution is 0.395. The first-order valence-corrected chi connectivity index (χ1v) is 8.30. The van der Waals surface area contributed by atoms with Crippen molar-refractivity contribution in [1.82, 2.24) is 14.9 Å². The molecule has 1 fully saturated rings. The second-order valence-electron chi connectivity index (χ2n) is 5.86. The molecule has 2 heterocycles. The van der Waals surface area contributed by atoms with Crippen LogP contribution in [0, 0.1) is 10.7 Å². The molecule has 1 aliphatic rings. The lowest BCUT2D eigenvalue weighted by atomic mass is 10.1. The first-order chi connectivity index (χ1) is 11.6. The summed E-state index contributed by atoms with van der Waals surface area (Å²) >= 11 is 5.41. The number of hydrogen-bond donors (Lipinski definition) is 2. The van der Waals surface area contributed by atoms with Crippen molar-refractivity contribution >= 4 is 12.2 Å². The second kappa shape index (κ2) is 7.19. The molecule has 0 radical (unpaired) electrons. The summed E-state index contributed by atoms with van der Waals surface area (Å²) < 4.78 is 13.2. The quantitative estimate of drug-likeness (QED) is 0.812. The van der Waals surface area contributed by atoms with Gasteiger partial charge in [0.25, 0.3) is 5.56 Å². The predicted molar refractivity (Wildman–Crippen MR) is 95.4 cm³/mol. The van der Waals surface area contributed by atoms with E-state index in [1.165, 1.54) is 0 Å². The van der Waals surface area contributed by atoms with Crippen LogP contribution in [0.25, 0.3) is 11.3 Å². The second-order valence-corrected chi connectivity index (χ2v) is 6.25. The van der Waals surface area contributed by atoms with Gasteiger partial charge in [0.05, 0.1) is 19.9 Å². The van der Waals surface area contributed by atoms with Gasteiger partial charge in [0.15, 0.2) is 4.77 Å². The van der Waals surface area contributed by atoms with Crippen LogP contribution < -0.4 is 20.3 Å². The Morgan fingerprint density at radius 1 is 1.29 bits per heavy atom. The number of rotatable bonds is 5. The molecule has 1 atom stereocenters. The van der Waals surface area contributed by atoms with Crippen LogP contribution in [0.15, 0.2) is 29.1 Å². The molecular weight excluding hydrogens is 326 g/mol. The standard InChI is InChI=1S/C17H21N3O3S/c1-22-12-3-4-13(15(7-12)23-2)14-8-16(21)19-17(24)20(14)10-11-5-6-18-9-11/h3-4,7-8,11,18H,5-6,9-10H2,1-2H3,(H,19,21,24). The van der Waals surface area contributed by atoms with Crippen LogP contribution in [0.3, 0.4) is 0 Å². The molecule has 24 heavy (non-hydrogen) atoms. The molecule has 0 bridgehead atoms. The Labute approximate surface area is 145 Å². The lowest BCUT2D eigenvalue weighted by Gasteiger charge is -2.19. The van der Waals surface area contributed by atoms with E-state index >= 15 is 0 Å². The fraction of sp³-hybridized carbons (Fsp3) is 0.412. The van der Waals surface area contributed by atoms with E-state index in [2.05, 4.69) is 10.3 Å². The van der Waals surface area contributed by atoms with Crippen molar-refractivity contribution in [3.63, 3.8) is 0 Å². The number of benzene rings is 1. The Hall–Kier alpha value is -2.12. The van der Waals surface area contributed by atoms with Gasteiger partial charge in [-0.15, -0.1) is 0 Å². The lowest BCUT2D eigenvalue weighted by Crippen LogP contribution is -2.20. The molecule has 7 heteroatoms. The molecule has 128 valence electrons. The Bertz CT molecular complexity index is 838. The third kappa shape index (κ3) is 3.37. The van der Waals surface area contributed by atoms with E-state index in [0.29, 0.717) is 22.2 Å². The van der Waals surface area contributed by atoms with Crippen molar-refractivity contribution in [3.05, 3.63) is 39.4 Å². The number of nitrogens with zero attached hydrogens (tertiary/aromatic N) is 1. The van der Waals surface area contributed by atoms with Crippen molar-refractivity contribution < 1.29 is 9.47 Å². The van der Waals surface area contributed by atoms with Crippen LogP contribution in [-0.4, -0.2) is 36.9 Å². The van der Waals surface area contributed by atoms with Crippen LogP contribution >= 0.6 is 12.2 Å². The monoisotopic (exact) mass is 347 g/mol. The molecule has 1 aliphatic heterocycles. The number of H-pyrrole nitrogens is 1. The summed E-state index contributed by atoms with van der Waals surface area (Å²) in [6, 6.07) is 7.12. The number of hydrogen-bond acceptors (Lipinski definition) is 5. The van der Waals surface area contributed by atoms with Gasteiger partial charge < -0.3 is 19.4 Å². The zero-order valence-corrected chi connectivity index (χ0v) is 14.6. The van der Waals surface area contributed by atoms with E-state index in [0.717, 1.165) is 37.3 Å². The summed E-state index contributed by atoms with van der Waals surface area (Å²) in [5.74, 6) is 1.84. The van der Waals surface area contributed by atoms with E-state index in [1.54, 1.807) is 26.4 Å². The summed E-state index contributed by atoms with van der Waals surface area (Å²) in [6.07, 6.45) is 1.10. The Kier molecular flexibility index (Phi) is 5.01. The molecule has 3 rings (SSSR count). The van der Waals surface area contributed by atoms with Crippen LogP contribution in [0.1, 0.15) is 6.42 Å². The molecule has 0 spiro atoms. The minimum Gasteiger partial charge on any atom is -0.497 e. The molecular formula is C17H21N3O3S. The maximum absolute atomic E-state index is 12.0. The van der Waals surface area contributed by atoms with Gasteiger partial charge in [0, 0.05) is 24.2 Å². The first kappa shape index (κ1) is 16.7. The van der Waals surface area contributed by atoms with E-state index in [-0.39, 0.29) is 5.56 Å². The summed E-state index contributed by atoms with van der Waals surface area (Å²) in [5.41, 5.74) is 1.37. The van der Waals surface area contributed by atoms with E-state index in [9.17, 15) is 4.79 Å². The number of aromatic amines is 1. The average Bonchev–Trinajstić information content (AvgIpc) is 3.09. The van der Waals surface area contributed by atoms with Gasteiger partial charge in [-0.25, -0.2) is 0 Å². The van der Waals surface area contributed by atoms with Gasteiger partial charge in [0.2, 0.25) is 0 Å².